The Labute approximate surface area is 95.8 Å². The van der Waals surface area contributed by atoms with Crippen LogP contribution in [0.3, 0.4) is 0 Å². The Hall–Kier alpha value is -1.42. The first-order chi connectivity index (χ1) is 7.56. The molecule has 1 aromatic rings. The van der Waals surface area contributed by atoms with Crippen molar-refractivity contribution in [2.75, 3.05) is 6.61 Å². The van der Waals surface area contributed by atoms with Gasteiger partial charge in [-0.3, -0.25) is 4.98 Å². The van der Waals surface area contributed by atoms with Crippen molar-refractivity contribution in [2.45, 2.75) is 26.8 Å². The quantitative estimate of drug-likeness (QED) is 0.790. The van der Waals surface area contributed by atoms with Crippen molar-refractivity contribution in [1.29, 1.82) is 0 Å². The van der Waals surface area contributed by atoms with Crippen LogP contribution in [-0.4, -0.2) is 17.6 Å². The topological polar surface area (TPSA) is 65.2 Å². The van der Waals surface area contributed by atoms with Crippen LogP contribution in [0.25, 0.3) is 0 Å². The SMILES string of the molecule is CCOC(=O)c1ccc([C@@H](N)C(C)C)nc1. The molecule has 0 aromatic carbocycles. The standard InChI is InChI=1S/C12H18N2O2/c1-4-16-12(15)9-5-6-10(14-7-9)11(13)8(2)3/h5-8,11H,4,13H2,1-3H3/t11-/m0/s1. The van der Waals surface area contributed by atoms with E-state index in [2.05, 4.69) is 4.98 Å². The molecule has 0 amide bonds. The van der Waals surface area contributed by atoms with Crippen molar-refractivity contribution in [3.8, 4) is 0 Å². The van der Waals surface area contributed by atoms with Gasteiger partial charge in [0.1, 0.15) is 0 Å². The van der Waals surface area contributed by atoms with Gasteiger partial charge in [0.25, 0.3) is 0 Å². The number of nitrogens with zero attached hydrogens (tertiary/aromatic N) is 1. The van der Waals surface area contributed by atoms with Gasteiger partial charge in [-0.05, 0) is 25.0 Å². The zero-order valence-electron chi connectivity index (χ0n) is 9.93. The molecule has 1 aromatic heterocycles. The highest BCUT2D eigenvalue weighted by Gasteiger charge is 2.13. The lowest BCUT2D eigenvalue weighted by atomic mass is 10.0. The van der Waals surface area contributed by atoms with Gasteiger partial charge in [-0.2, -0.15) is 0 Å². The third-order valence-corrected chi connectivity index (χ3v) is 2.36. The number of hydrogen-bond acceptors (Lipinski definition) is 4. The number of esters is 1. The summed E-state index contributed by atoms with van der Waals surface area (Å²) >= 11 is 0. The van der Waals surface area contributed by atoms with Crippen LogP contribution in [0.2, 0.25) is 0 Å². The Morgan fingerprint density at radius 1 is 1.50 bits per heavy atom. The molecule has 88 valence electrons. The number of carbonyl (C=O) groups excluding carboxylic acids is 1. The second-order valence-electron chi connectivity index (χ2n) is 3.96. The predicted molar refractivity (Wildman–Crippen MR) is 62.0 cm³/mol. The number of hydrogen-bond donors (Lipinski definition) is 1. The molecule has 4 nitrogen and oxygen atoms in total. The number of pyridine rings is 1. The molecule has 0 spiro atoms. The molecule has 0 saturated heterocycles. The number of nitrogens with two attached hydrogens (primary N) is 1. The zero-order chi connectivity index (χ0) is 12.1. The normalized spacial score (nSPS) is 12.6. The lowest BCUT2D eigenvalue weighted by molar-refractivity contribution is 0.0526. The largest absolute Gasteiger partial charge is 0.462 e. The third kappa shape index (κ3) is 3.03. The van der Waals surface area contributed by atoms with Crippen LogP contribution < -0.4 is 5.73 Å². The minimum absolute atomic E-state index is 0.101. The molecule has 0 radical (unpaired) electrons. The summed E-state index contributed by atoms with van der Waals surface area (Å²) in [6.07, 6.45) is 1.51. The fourth-order valence-corrected chi connectivity index (χ4v) is 1.28. The summed E-state index contributed by atoms with van der Waals surface area (Å²) in [6.45, 7) is 6.21. The first-order valence-corrected chi connectivity index (χ1v) is 5.45. The summed E-state index contributed by atoms with van der Waals surface area (Å²) < 4.78 is 4.87. The minimum Gasteiger partial charge on any atom is -0.462 e. The van der Waals surface area contributed by atoms with Crippen molar-refractivity contribution in [1.82, 2.24) is 4.98 Å². The Morgan fingerprint density at radius 3 is 2.62 bits per heavy atom. The second kappa shape index (κ2) is 5.61. The van der Waals surface area contributed by atoms with Crippen LogP contribution in [0.4, 0.5) is 0 Å². The van der Waals surface area contributed by atoms with E-state index in [4.69, 9.17) is 10.5 Å². The van der Waals surface area contributed by atoms with Crippen LogP contribution in [-0.2, 0) is 4.74 Å². The van der Waals surface area contributed by atoms with E-state index in [1.165, 1.54) is 6.20 Å². The molecule has 0 aliphatic carbocycles. The first kappa shape index (κ1) is 12.6. The van der Waals surface area contributed by atoms with E-state index >= 15 is 0 Å². The molecule has 0 unspecified atom stereocenters. The monoisotopic (exact) mass is 222 g/mol. The molecule has 1 rings (SSSR count). The van der Waals surface area contributed by atoms with Crippen LogP contribution >= 0.6 is 0 Å². The molecule has 1 atom stereocenters. The van der Waals surface area contributed by atoms with E-state index in [9.17, 15) is 4.79 Å². The predicted octanol–water partition coefficient (Wildman–Crippen LogP) is 1.91. The molecule has 0 aliphatic heterocycles. The van der Waals surface area contributed by atoms with Crippen LogP contribution in [0.5, 0.6) is 0 Å². The molecule has 2 N–H and O–H groups in total. The van der Waals surface area contributed by atoms with Crippen LogP contribution in [0, 0.1) is 5.92 Å². The van der Waals surface area contributed by atoms with Crippen molar-refractivity contribution in [3.63, 3.8) is 0 Å². The highest BCUT2D eigenvalue weighted by atomic mass is 16.5. The molecular weight excluding hydrogens is 204 g/mol. The fourth-order valence-electron chi connectivity index (χ4n) is 1.28. The highest BCUT2D eigenvalue weighted by molar-refractivity contribution is 5.88. The average molecular weight is 222 g/mol. The van der Waals surface area contributed by atoms with E-state index in [1.807, 2.05) is 13.8 Å². The number of ether oxygens (including phenoxy) is 1. The summed E-state index contributed by atoms with van der Waals surface area (Å²) in [5.74, 6) is -0.0272. The molecule has 0 bridgehead atoms. The van der Waals surface area contributed by atoms with Gasteiger partial charge in [0, 0.05) is 12.2 Å². The molecular formula is C12H18N2O2. The Balaban J connectivity index is 2.79. The summed E-state index contributed by atoms with van der Waals surface area (Å²) in [5, 5.41) is 0. The third-order valence-electron chi connectivity index (χ3n) is 2.36. The first-order valence-electron chi connectivity index (χ1n) is 5.45. The summed E-state index contributed by atoms with van der Waals surface area (Å²) in [4.78, 5) is 15.5. The Morgan fingerprint density at radius 2 is 2.19 bits per heavy atom. The van der Waals surface area contributed by atoms with Crippen molar-refractivity contribution >= 4 is 5.97 Å². The van der Waals surface area contributed by atoms with Gasteiger partial charge >= 0.3 is 5.97 Å². The van der Waals surface area contributed by atoms with Gasteiger partial charge in [-0.15, -0.1) is 0 Å². The Bertz CT molecular complexity index is 347. The van der Waals surface area contributed by atoms with Crippen LogP contribution in [0.15, 0.2) is 18.3 Å². The fraction of sp³-hybridized carbons (Fsp3) is 0.500. The molecule has 0 fully saturated rings. The van der Waals surface area contributed by atoms with E-state index in [0.29, 0.717) is 18.1 Å². The zero-order valence-corrected chi connectivity index (χ0v) is 9.93. The second-order valence-corrected chi connectivity index (χ2v) is 3.96. The highest BCUT2D eigenvalue weighted by Crippen LogP contribution is 2.16. The summed E-state index contributed by atoms with van der Waals surface area (Å²) in [6, 6.07) is 3.37. The molecule has 1 heterocycles. The van der Waals surface area contributed by atoms with Crippen LogP contribution in [0.1, 0.15) is 42.9 Å². The maximum atomic E-state index is 11.4. The molecule has 0 aliphatic rings. The van der Waals surface area contributed by atoms with E-state index in [-0.39, 0.29) is 12.0 Å². The molecule has 16 heavy (non-hydrogen) atoms. The number of rotatable bonds is 4. The van der Waals surface area contributed by atoms with Gasteiger partial charge in [0.2, 0.25) is 0 Å². The lowest BCUT2D eigenvalue weighted by Gasteiger charge is -2.14. The lowest BCUT2D eigenvalue weighted by Crippen LogP contribution is -2.18. The smallest absolute Gasteiger partial charge is 0.339 e. The van der Waals surface area contributed by atoms with E-state index in [0.717, 1.165) is 5.69 Å². The number of carbonyl (C=O) groups is 1. The summed E-state index contributed by atoms with van der Waals surface area (Å²) in [7, 11) is 0. The van der Waals surface area contributed by atoms with Crippen molar-refractivity contribution in [2.24, 2.45) is 11.7 Å². The maximum Gasteiger partial charge on any atom is 0.339 e. The van der Waals surface area contributed by atoms with Gasteiger partial charge in [0.15, 0.2) is 0 Å². The molecule has 4 heteroatoms. The van der Waals surface area contributed by atoms with E-state index < -0.39 is 0 Å². The Kier molecular flexibility index (Phi) is 4.43. The van der Waals surface area contributed by atoms with Crippen molar-refractivity contribution < 1.29 is 9.53 Å². The van der Waals surface area contributed by atoms with Gasteiger partial charge < -0.3 is 10.5 Å². The molecule has 0 saturated carbocycles. The maximum absolute atomic E-state index is 11.4. The summed E-state index contributed by atoms with van der Waals surface area (Å²) in [5.41, 5.74) is 7.20. The minimum atomic E-state index is -0.348. The van der Waals surface area contributed by atoms with Crippen molar-refractivity contribution in [3.05, 3.63) is 29.6 Å². The van der Waals surface area contributed by atoms with E-state index in [1.54, 1.807) is 19.1 Å². The van der Waals surface area contributed by atoms with Gasteiger partial charge in [-0.25, -0.2) is 4.79 Å². The van der Waals surface area contributed by atoms with Gasteiger partial charge in [-0.1, -0.05) is 13.8 Å². The number of aromatic nitrogens is 1. The average Bonchev–Trinajstić information content (AvgIpc) is 2.28. The van der Waals surface area contributed by atoms with Gasteiger partial charge in [0.05, 0.1) is 17.9 Å².